The first kappa shape index (κ1) is 16.9. The maximum absolute atomic E-state index is 12.2. The number of nitro benzene ring substituents is 1. The Hall–Kier alpha value is -2.11. The van der Waals surface area contributed by atoms with E-state index < -0.39 is 10.8 Å². The van der Waals surface area contributed by atoms with Crippen LogP contribution in [0, 0.1) is 10.1 Å². The number of nitro groups is 1. The second-order valence-corrected chi connectivity index (χ2v) is 5.11. The smallest absolute Gasteiger partial charge is 0.282 e. The molecule has 0 aromatic heterocycles. The summed E-state index contributed by atoms with van der Waals surface area (Å²) in [5.41, 5.74) is 0.589. The predicted molar refractivity (Wildman–Crippen MR) is 83.7 cm³/mol. The number of benzene rings is 1. The van der Waals surface area contributed by atoms with E-state index >= 15 is 0 Å². The van der Waals surface area contributed by atoms with Gasteiger partial charge in [-0.25, -0.2) is 0 Å². The molecule has 1 unspecified atom stereocenters. The lowest BCUT2D eigenvalue weighted by molar-refractivity contribution is -0.385. The fourth-order valence-corrected chi connectivity index (χ4v) is 2.11. The molecule has 0 fully saturated rings. The fourth-order valence-electron chi connectivity index (χ4n) is 2.11. The van der Waals surface area contributed by atoms with Crippen molar-refractivity contribution in [1.29, 1.82) is 0 Å². The molecule has 2 N–H and O–H groups in total. The van der Waals surface area contributed by atoms with E-state index in [4.69, 9.17) is 0 Å². The van der Waals surface area contributed by atoms with E-state index in [1.807, 2.05) is 6.92 Å². The normalized spacial score (nSPS) is 11.8. The minimum atomic E-state index is -0.532. The number of carbonyl (C=O) groups is 1. The number of rotatable bonds is 8. The van der Waals surface area contributed by atoms with Gasteiger partial charge in [-0.2, -0.15) is 0 Å². The van der Waals surface area contributed by atoms with Gasteiger partial charge in [0, 0.05) is 24.8 Å². The van der Waals surface area contributed by atoms with Crippen molar-refractivity contribution in [3.8, 4) is 0 Å². The molecule has 1 aromatic rings. The lowest BCUT2D eigenvalue weighted by Crippen LogP contribution is -2.32. The van der Waals surface area contributed by atoms with Crippen molar-refractivity contribution in [3.63, 3.8) is 0 Å². The van der Waals surface area contributed by atoms with Crippen LogP contribution >= 0.6 is 0 Å². The molecule has 1 rings (SSSR count). The Morgan fingerprint density at radius 1 is 1.38 bits per heavy atom. The molecule has 0 aliphatic heterocycles. The summed E-state index contributed by atoms with van der Waals surface area (Å²) in [7, 11) is 1.70. The summed E-state index contributed by atoms with van der Waals surface area (Å²) in [6.07, 6.45) is 4.15. The van der Waals surface area contributed by atoms with E-state index in [1.165, 1.54) is 12.1 Å². The van der Waals surface area contributed by atoms with Crippen LogP contribution in [0.4, 0.5) is 11.4 Å². The number of hydrogen-bond acceptors (Lipinski definition) is 4. The molecule has 1 amide bonds. The van der Waals surface area contributed by atoms with Crippen LogP contribution < -0.4 is 10.6 Å². The molecule has 1 aromatic carbocycles. The van der Waals surface area contributed by atoms with Gasteiger partial charge in [-0.3, -0.25) is 14.9 Å². The van der Waals surface area contributed by atoms with Crippen molar-refractivity contribution >= 4 is 17.3 Å². The molecule has 0 spiro atoms. The molecular formula is C15H23N3O3. The van der Waals surface area contributed by atoms with Crippen LogP contribution in [-0.2, 0) is 0 Å². The molecule has 0 aliphatic rings. The van der Waals surface area contributed by atoms with Gasteiger partial charge in [-0.1, -0.05) is 26.2 Å². The Morgan fingerprint density at radius 2 is 2.10 bits per heavy atom. The van der Waals surface area contributed by atoms with Crippen LogP contribution in [-0.4, -0.2) is 23.9 Å². The molecule has 21 heavy (non-hydrogen) atoms. The quantitative estimate of drug-likeness (QED) is 0.437. The molecule has 0 bridgehead atoms. The van der Waals surface area contributed by atoms with Crippen LogP contribution in [0.5, 0.6) is 0 Å². The van der Waals surface area contributed by atoms with Gasteiger partial charge in [0.1, 0.15) is 5.56 Å². The molecule has 0 heterocycles. The Balaban J connectivity index is 2.82. The maximum Gasteiger partial charge on any atom is 0.282 e. The molecule has 1 atom stereocenters. The Bertz CT molecular complexity index is 503. The third kappa shape index (κ3) is 5.06. The first-order valence-corrected chi connectivity index (χ1v) is 7.26. The van der Waals surface area contributed by atoms with E-state index in [-0.39, 0.29) is 17.3 Å². The predicted octanol–water partition coefficient (Wildman–Crippen LogP) is 3.34. The van der Waals surface area contributed by atoms with E-state index in [2.05, 4.69) is 17.6 Å². The van der Waals surface area contributed by atoms with Crippen molar-refractivity contribution in [1.82, 2.24) is 5.32 Å². The molecular weight excluding hydrogens is 270 g/mol. The number of hydrogen-bond donors (Lipinski definition) is 2. The number of amides is 1. The van der Waals surface area contributed by atoms with Gasteiger partial charge >= 0.3 is 0 Å². The average Bonchev–Trinajstić information content (AvgIpc) is 2.46. The van der Waals surface area contributed by atoms with Crippen LogP contribution in [0.1, 0.15) is 49.9 Å². The number of carbonyl (C=O) groups excluding carboxylic acids is 1. The summed E-state index contributed by atoms with van der Waals surface area (Å²) in [6, 6.07) is 4.44. The van der Waals surface area contributed by atoms with Crippen molar-refractivity contribution in [2.75, 3.05) is 12.4 Å². The number of nitrogens with one attached hydrogen (secondary N) is 2. The lowest BCUT2D eigenvalue weighted by Gasteiger charge is -2.14. The van der Waals surface area contributed by atoms with Crippen LogP contribution in [0.3, 0.4) is 0 Å². The van der Waals surface area contributed by atoms with E-state index in [1.54, 1.807) is 13.1 Å². The average molecular weight is 293 g/mol. The molecule has 0 saturated carbocycles. The summed E-state index contributed by atoms with van der Waals surface area (Å²) in [4.78, 5) is 22.7. The fraction of sp³-hybridized carbons (Fsp3) is 0.533. The standard InChI is InChI=1S/C15H23N3O3/c1-4-5-6-7-11(2)17-15(19)13-10-12(16-3)8-9-14(13)18(20)21/h8-11,16H,4-7H2,1-3H3,(H,17,19). The highest BCUT2D eigenvalue weighted by Crippen LogP contribution is 2.22. The minimum absolute atomic E-state index is 0.00176. The zero-order valence-corrected chi connectivity index (χ0v) is 12.8. The van der Waals surface area contributed by atoms with Gasteiger partial charge in [0.05, 0.1) is 4.92 Å². The molecule has 0 radical (unpaired) electrons. The maximum atomic E-state index is 12.2. The highest BCUT2D eigenvalue weighted by atomic mass is 16.6. The van der Waals surface area contributed by atoms with Crippen molar-refractivity contribution < 1.29 is 9.72 Å². The zero-order chi connectivity index (χ0) is 15.8. The van der Waals surface area contributed by atoms with Gasteiger partial charge in [0.2, 0.25) is 0 Å². The number of anilines is 1. The third-order valence-electron chi connectivity index (χ3n) is 3.34. The monoisotopic (exact) mass is 293 g/mol. The Kier molecular flexibility index (Phi) is 6.65. The topological polar surface area (TPSA) is 84.3 Å². The van der Waals surface area contributed by atoms with Crippen LogP contribution in [0.25, 0.3) is 0 Å². The van der Waals surface area contributed by atoms with Gasteiger partial charge in [0.15, 0.2) is 0 Å². The van der Waals surface area contributed by atoms with Gasteiger partial charge < -0.3 is 10.6 Å². The summed E-state index contributed by atoms with van der Waals surface area (Å²) in [6.45, 7) is 4.04. The zero-order valence-electron chi connectivity index (χ0n) is 12.8. The number of unbranched alkanes of at least 4 members (excludes halogenated alkanes) is 2. The third-order valence-corrected chi connectivity index (χ3v) is 3.34. The number of nitrogens with zero attached hydrogens (tertiary/aromatic N) is 1. The summed E-state index contributed by atoms with van der Waals surface area (Å²) in [5, 5.41) is 16.7. The van der Waals surface area contributed by atoms with Crippen LogP contribution in [0.2, 0.25) is 0 Å². The van der Waals surface area contributed by atoms with E-state index in [9.17, 15) is 14.9 Å². The van der Waals surface area contributed by atoms with Gasteiger partial charge in [-0.15, -0.1) is 0 Å². The molecule has 0 saturated heterocycles. The Morgan fingerprint density at radius 3 is 2.67 bits per heavy atom. The second-order valence-electron chi connectivity index (χ2n) is 5.11. The van der Waals surface area contributed by atoms with Crippen LogP contribution in [0.15, 0.2) is 18.2 Å². The van der Waals surface area contributed by atoms with E-state index in [0.29, 0.717) is 5.69 Å². The van der Waals surface area contributed by atoms with Crippen molar-refractivity contribution in [2.45, 2.75) is 45.6 Å². The van der Waals surface area contributed by atoms with Crippen molar-refractivity contribution in [2.24, 2.45) is 0 Å². The highest BCUT2D eigenvalue weighted by Gasteiger charge is 2.21. The Labute approximate surface area is 125 Å². The summed E-state index contributed by atoms with van der Waals surface area (Å²) >= 11 is 0. The first-order chi connectivity index (χ1) is 9.99. The summed E-state index contributed by atoms with van der Waals surface area (Å²) in [5.74, 6) is -0.400. The highest BCUT2D eigenvalue weighted by molar-refractivity contribution is 5.99. The largest absolute Gasteiger partial charge is 0.388 e. The van der Waals surface area contributed by atoms with Gasteiger partial charge in [0.25, 0.3) is 11.6 Å². The summed E-state index contributed by atoms with van der Waals surface area (Å²) < 4.78 is 0. The SMILES string of the molecule is CCCCCC(C)NC(=O)c1cc(NC)ccc1[N+](=O)[O-]. The second kappa shape index (κ2) is 8.24. The first-order valence-electron chi connectivity index (χ1n) is 7.26. The van der Waals surface area contributed by atoms with Gasteiger partial charge in [-0.05, 0) is 25.5 Å². The van der Waals surface area contributed by atoms with E-state index in [0.717, 1.165) is 25.7 Å². The molecule has 6 nitrogen and oxygen atoms in total. The van der Waals surface area contributed by atoms with Crippen molar-refractivity contribution in [3.05, 3.63) is 33.9 Å². The molecule has 116 valence electrons. The minimum Gasteiger partial charge on any atom is -0.388 e. The molecule has 0 aliphatic carbocycles. The molecule has 6 heteroatoms. The lowest BCUT2D eigenvalue weighted by atomic mass is 10.1.